The maximum Gasteiger partial charge on any atom is 0.227 e. The molecule has 0 aliphatic carbocycles. The van der Waals surface area contributed by atoms with Crippen molar-refractivity contribution >= 4 is 16.7 Å². The highest BCUT2D eigenvalue weighted by Crippen LogP contribution is 2.21. The zero-order chi connectivity index (χ0) is 15.4. The van der Waals surface area contributed by atoms with E-state index in [1.807, 2.05) is 19.1 Å². The van der Waals surface area contributed by atoms with Crippen molar-refractivity contribution < 1.29 is 4.79 Å². The van der Waals surface area contributed by atoms with E-state index in [1.54, 1.807) is 0 Å². The Morgan fingerprint density at radius 3 is 2.82 bits per heavy atom. The second-order valence-corrected chi connectivity index (χ2v) is 5.86. The van der Waals surface area contributed by atoms with E-state index in [1.165, 1.54) is 16.3 Å². The Labute approximate surface area is 131 Å². The predicted molar refractivity (Wildman–Crippen MR) is 90.9 cm³/mol. The fourth-order valence-corrected chi connectivity index (χ4v) is 2.81. The largest absolute Gasteiger partial charge is 0.352 e. The second kappa shape index (κ2) is 6.75. The number of carbonyl (C=O) groups excluding carboxylic acids is 1. The number of hydrogen-bond acceptors (Lipinski definition) is 2. The average molecular weight is 294 g/mol. The molecule has 114 valence electrons. The molecule has 1 aliphatic heterocycles. The number of benzene rings is 2. The molecule has 0 radical (unpaired) electrons. The summed E-state index contributed by atoms with van der Waals surface area (Å²) >= 11 is 0. The first kappa shape index (κ1) is 14.8. The lowest BCUT2D eigenvalue weighted by molar-refractivity contribution is -0.122. The van der Waals surface area contributed by atoms with Gasteiger partial charge in [-0.15, -0.1) is 0 Å². The van der Waals surface area contributed by atoms with Crippen molar-refractivity contribution in [3.8, 4) is 0 Å². The third-order valence-electron chi connectivity index (χ3n) is 4.31. The Kier molecular flexibility index (Phi) is 4.54. The van der Waals surface area contributed by atoms with E-state index in [0.29, 0.717) is 6.54 Å². The van der Waals surface area contributed by atoms with Crippen LogP contribution in [0.4, 0.5) is 0 Å². The first-order valence-corrected chi connectivity index (χ1v) is 7.89. The average Bonchev–Trinajstić information content (AvgIpc) is 2.59. The first-order chi connectivity index (χ1) is 10.7. The molecule has 1 amide bonds. The highest BCUT2D eigenvalue weighted by molar-refractivity contribution is 5.87. The van der Waals surface area contributed by atoms with Gasteiger partial charge in [-0.3, -0.25) is 4.79 Å². The molecule has 3 rings (SSSR count). The maximum absolute atomic E-state index is 12.4. The molecule has 1 unspecified atom stereocenters. The Morgan fingerprint density at radius 2 is 2.05 bits per heavy atom. The lowest BCUT2D eigenvalue weighted by Gasteiger charge is -2.17. The lowest BCUT2D eigenvalue weighted by Crippen LogP contribution is -2.32. The Balaban J connectivity index is 1.67. The topological polar surface area (TPSA) is 41.1 Å². The normalized spacial score (nSPS) is 16.1. The van der Waals surface area contributed by atoms with Crippen LogP contribution in [-0.2, 0) is 4.79 Å². The molecule has 0 fully saturated rings. The van der Waals surface area contributed by atoms with E-state index >= 15 is 0 Å². The maximum atomic E-state index is 12.4. The van der Waals surface area contributed by atoms with Crippen LogP contribution in [0.5, 0.6) is 0 Å². The molecular formula is C19H22N2O. The van der Waals surface area contributed by atoms with Gasteiger partial charge >= 0.3 is 0 Å². The fraction of sp³-hybridized carbons (Fsp3) is 0.316. The second-order valence-electron chi connectivity index (χ2n) is 5.86. The van der Waals surface area contributed by atoms with Gasteiger partial charge in [-0.1, -0.05) is 54.1 Å². The van der Waals surface area contributed by atoms with Gasteiger partial charge in [0.15, 0.2) is 0 Å². The predicted octanol–water partition coefficient (Wildman–Crippen LogP) is 2.98. The van der Waals surface area contributed by atoms with Crippen molar-refractivity contribution in [2.24, 2.45) is 0 Å². The van der Waals surface area contributed by atoms with E-state index in [-0.39, 0.29) is 11.8 Å². The van der Waals surface area contributed by atoms with E-state index in [2.05, 4.69) is 47.0 Å². The highest BCUT2D eigenvalue weighted by Gasteiger charge is 2.15. The molecular weight excluding hydrogens is 272 g/mol. The molecule has 0 aromatic heterocycles. The quantitative estimate of drug-likeness (QED) is 0.851. The minimum atomic E-state index is -0.132. The summed E-state index contributed by atoms with van der Waals surface area (Å²) < 4.78 is 0. The zero-order valence-electron chi connectivity index (χ0n) is 12.9. The van der Waals surface area contributed by atoms with Crippen molar-refractivity contribution in [1.29, 1.82) is 0 Å². The summed E-state index contributed by atoms with van der Waals surface area (Å²) in [5.74, 6) is -0.0402. The van der Waals surface area contributed by atoms with E-state index in [4.69, 9.17) is 0 Å². The van der Waals surface area contributed by atoms with Crippen molar-refractivity contribution in [3.05, 3.63) is 59.7 Å². The van der Waals surface area contributed by atoms with Crippen LogP contribution < -0.4 is 10.6 Å². The number of rotatable bonds is 4. The molecule has 2 aromatic rings. The van der Waals surface area contributed by atoms with Gasteiger partial charge in [-0.05, 0) is 36.2 Å². The standard InChI is InChI=1S/C19H22N2O/c1-14(19(22)21-13-15-8-10-20-11-9-15)17-7-6-16-4-2-3-5-18(16)12-17/h2-8,12,14,20H,9-11,13H2,1H3,(H,21,22). The van der Waals surface area contributed by atoms with Gasteiger partial charge in [-0.2, -0.15) is 0 Å². The molecule has 0 spiro atoms. The highest BCUT2D eigenvalue weighted by atomic mass is 16.1. The van der Waals surface area contributed by atoms with Crippen LogP contribution in [-0.4, -0.2) is 25.5 Å². The summed E-state index contributed by atoms with van der Waals surface area (Å²) in [4.78, 5) is 12.4. The molecule has 2 aromatic carbocycles. The Morgan fingerprint density at radius 1 is 1.23 bits per heavy atom. The van der Waals surface area contributed by atoms with E-state index in [9.17, 15) is 4.79 Å². The molecule has 3 nitrogen and oxygen atoms in total. The summed E-state index contributed by atoms with van der Waals surface area (Å²) in [6, 6.07) is 14.5. The van der Waals surface area contributed by atoms with Gasteiger partial charge in [0.1, 0.15) is 0 Å². The molecule has 2 N–H and O–H groups in total. The molecule has 0 bridgehead atoms. The van der Waals surface area contributed by atoms with Crippen LogP contribution >= 0.6 is 0 Å². The van der Waals surface area contributed by atoms with Gasteiger partial charge in [0, 0.05) is 13.1 Å². The summed E-state index contributed by atoms with van der Waals surface area (Å²) in [6.07, 6.45) is 3.19. The third-order valence-corrected chi connectivity index (χ3v) is 4.31. The number of hydrogen-bond donors (Lipinski definition) is 2. The van der Waals surface area contributed by atoms with Crippen LogP contribution in [0.3, 0.4) is 0 Å². The number of amides is 1. The summed E-state index contributed by atoms with van der Waals surface area (Å²) in [5, 5.41) is 8.73. The summed E-state index contributed by atoms with van der Waals surface area (Å²) in [6.45, 7) is 4.54. The van der Waals surface area contributed by atoms with Crippen molar-refractivity contribution in [2.75, 3.05) is 19.6 Å². The lowest BCUT2D eigenvalue weighted by atomic mass is 9.97. The Hall–Kier alpha value is -2.13. The molecule has 1 atom stereocenters. The van der Waals surface area contributed by atoms with Crippen LogP contribution in [0.1, 0.15) is 24.8 Å². The van der Waals surface area contributed by atoms with Crippen LogP contribution in [0.25, 0.3) is 10.8 Å². The van der Waals surface area contributed by atoms with Crippen molar-refractivity contribution in [2.45, 2.75) is 19.3 Å². The number of carbonyl (C=O) groups is 1. The van der Waals surface area contributed by atoms with Gasteiger partial charge < -0.3 is 10.6 Å². The van der Waals surface area contributed by atoms with Gasteiger partial charge in [0.05, 0.1) is 5.92 Å². The van der Waals surface area contributed by atoms with Crippen molar-refractivity contribution in [3.63, 3.8) is 0 Å². The molecule has 0 saturated heterocycles. The summed E-state index contributed by atoms with van der Waals surface area (Å²) in [5.41, 5.74) is 2.38. The van der Waals surface area contributed by atoms with Crippen LogP contribution in [0.15, 0.2) is 54.1 Å². The van der Waals surface area contributed by atoms with Gasteiger partial charge in [0.25, 0.3) is 0 Å². The Bertz CT molecular complexity index is 705. The molecule has 22 heavy (non-hydrogen) atoms. The van der Waals surface area contributed by atoms with Gasteiger partial charge in [-0.25, -0.2) is 0 Å². The number of nitrogens with one attached hydrogen (secondary N) is 2. The minimum absolute atomic E-state index is 0.0923. The number of fused-ring (bicyclic) bond motifs is 1. The van der Waals surface area contributed by atoms with Gasteiger partial charge in [0.2, 0.25) is 5.91 Å². The van der Waals surface area contributed by atoms with E-state index < -0.39 is 0 Å². The molecule has 3 heteroatoms. The van der Waals surface area contributed by atoms with Crippen LogP contribution in [0, 0.1) is 0 Å². The van der Waals surface area contributed by atoms with Crippen molar-refractivity contribution in [1.82, 2.24) is 10.6 Å². The zero-order valence-corrected chi connectivity index (χ0v) is 12.9. The van der Waals surface area contributed by atoms with E-state index in [0.717, 1.165) is 25.1 Å². The third kappa shape index (κ3) is 3.37. The SMILES string of the molecule is CC(C(=O)NCC1=CCNCC1)c1ccc2ccccc2c1. The summed E-state index contributed by atoms with van der Waals surface area (Å²) in [7, 11) is 0. The minimum Gasteiger partial charge on any atom is -0.352 e. The fourth-order valence-electron chi connectivity index (χ4n) is 2.81. The van der Waals surface area contributed by atoms with Crippen LogP contribution in [0.2, 0.25) is 0 Å². The molecule has 1 heterocycles. The molecule has 0 saturated carbocycles. The smallest absolute Gasteiger partial charge is 0.227 e. The molecule has 1 aliphatic rings. The monoisotopic (exact) mass is 294 g/mol. The first-order valence-electron chi connectivity index (χ1n) is 7.89.